The summed E-state index contributed by atoms with van der Waals surface area (Å²) in [4.78, 5) is 45.4. The van der Waals surface area contributed by atoms with E-state index >= 15 is 0 Å². The van der Waals surface area contributed by atoms with Gasteiger partial charge in [0.1, 0.15) is 6.61 Å². The third-order valence-electron chi connectivity index (χ3n) is 3.62. The van der Waals surface area contributed by atoms with Gasteiger partial charge in [0.15, 0.2) is 0 Å². The van der Waals surface area contributed by atoms with Crippen molar-refractivity contribution in [2.75, 3.05) is 52.8 Å². The lowest BCUT2D eigenvalue weighted by Crippen LogP contribution is -2.33. The highest BCUT2D eigenvalue weighted by Gasteiger charge is 2.22. The minimum absolute atomic E-state index is 0.0523. The fraction of sp³-hybridized carbons (Fsp3) is 0.667. The van der Waals surface area contributed by atoms with Crippen LogP contribution in [-0.4, -0.2) is 86.6 Å². The largest absolute Gasteiger partial charge is 0.481 e. The van der Waals surface area contributed by atoms with Crippen LogP contribution in [0.5, 0.6) is 0 Å². The number of hydrogen-bond acceptors (Lipinski definition) is 8. The SMILES string of the molecule is O=C(O)CCCCC(=O)OCCOCCOCCOCCN1C(=O)C=CC1=O. The molecule has 0 saturated heterocycles. The van der Waals surface area contributed by atoms with Gasteiger partial charge in [-0.1, -0.05) is 0 Å². The van der Waals surface area contributed by atoms with Crippen molar-refractivity contribution in [3.63, 3.8) is 0 Å². The zero-order valence-corrected chi connectivity index (χ0v) is 15.8. The van der Waals surface area contributed by atoms with Gasteiger partial charge in [0, 0.05) is 25.0 Å². The molecule has 0 fully saturated rings. The second kappa shape index (κ2) is 14.7. The predicted octanol–water partition coefficient (Wildman–Crippen LogP) is 0.149. The van der Waals surface area contributed by atoms with Gasteiger partial charge < -0.3 is 24.1 Å². The highest BCUT2D eigenvalue weighted by Crippen LogP contribution is 2.02. The van der Waals surface area contributed by atoms with Gasteiger partial charge >= 0.3 is 11.9 Å². The maximum atomic E-state index is 11.4. The number of carbonyl (C=O) groups excluding carboxylic acids is 3. The highest BCUT2D eigenvalue weighted by molar-refractivity contribution is 6.12. The van der Waals surface area contributed by atoms with Crippen LogP contribution in [0, 0.1) is 0 Å². The lowest BCUT2D eigenvalue weighted by Gasteiger charge is -2.13. The van der Waals surface area contributed by atoms with Crippen molar-refractivity contribution in [2.24, 2.45) is 0 Å². The molecule has 1 N–H and O–H groups in total. The van der Waals surface area contributed by atoms with Crippen LogP contribution in [0.1, 0.15) is 25.7 Å². The van der Waals surface area contributed by atoms with Gasteiger partial charge in [0.2, 0.25) is 0 Å². The van der Waals surface area contributed by atoms with Gasteiger partial charge in [-0.25, -0.2) is 0 Å². The Morgan fingerprint density at radius 3 is 1.86 bits per heavy atom. The van der Waals surface area contributed by atoms with E-state index in [1.165, 1.54) is 12.2 Å². The lowest BCUT2D eigenvalue weighted by atomic mass is 10.2. The lowest BCUT2D eigenvalue weighted by molar-refractivity contribution is -0.146. The van der Waals surface area contributed by atoms with Crippen molar-refractivity contribution in [2.45, 2.75) is 25.7 Å². The summed E-state index contributed by atoms with van der Waals surface area (Å²) in [7, 11) is 0. The van der Waals surface area contributed by atoms with E-state index in [1.807, 2.05) is 0 Å². The Kier molecular flexibility index (Phi) is 12.5. The standard InChI is InChI=1S/C18H27NO9/c20-15-5-6-16(21)19(15)7-8-25-9-10-26-11-12-27-13-14-28-18(24)4-2-1-3-17(22)23/h5-6H,1-4,7-14H2,(H,22,23). The van der Waals surface area contributed by atoms with Crippen LogP contribution in [-0.2, 0) is 38.1 Å². The molecular weight excluding hydrogens is 374 g/mol. The summed E-state index contributed by atoms with van der Waals surface area (Å²) in [6, 6.07) is 0. The molecule has 2 amide bonds. The van der Waals surface area contributed by atoms with E-state index in [2.05, 4.69) is 0 Å². The van der Waals surface area contributed by atoms with Crippen molar-refractivity contribution in [1.29, 1.82) is 0 Å². The van der Waals surface area contributed by atoms with Crippen LogP contribution in [0.2, 0.25) is 0 Å². The number of carboxylic acid groups (broad SMARTS) is 1. The number of carboxylic acids is 1. The zero-order valence-electron chi connectivity index (χ0n) is 15.8. The van der Waals surface area contributed by atoms with Crippen LogP contribution in [0.3, 0.4) is 0 Å². The van der Waals surface area contributed by atoms with Crippen LogP contribution in [0.25, 0.3) is 0 Å². The van der Waals surface area contributed by atoms with Gasteiger partial charge in [-0.15, -0.1) is 0 Å². The molecule has 0 atom stereocenters. The smallest absolute Gasteiger partial charge is 0.305 e. The second-order valence-corrected chi connectivity index (χ2v) is 5.82. The van der Waals surface area contributed by atoms with Gasteiger partial charge in [-0.3, -0.25) is 24.1 Å². The van der Waals surface area contributed by atoms with Crippen molar-refractivity contribution >= 4 is 23.8 Å². The van der Waals surface area contributed by atoms with Gasteiger partial charge in [-0.05, 0) is 12.8 Å². The number of nitrogens with zero attached hydrogens (tertiary/aromatic N) is 1. The van der Waals surface area contributed by atoms with Crippen molar-refractivity contribution in [3.8, 4) is 0 Å². The number of unbranched alkanes of at least 4 members (excludes halogenated alkanes) is 1. The molecular formula is C18H27NO9. The summed E-state index contributed by atoms with van der Waals surface area (Å²) < 4.78 is 20.8. The average molecular weight is 401 g/mol. The Bertz CT molecular complexity index is 529. The molecule has 0 aromatic rings. The first-order valence-electron chi connectivity index (χ1n) is 9.15. The summed E-state index contributed by atoms with van der Waals surface area (Å²) >= 11 is 0. The Hall–Kier alpha value is -2.30. The first kappa shape index (κ1) is 23.7. The van der Waals surface area contributed by atoms with Crippen molar-refractivity contribution in [1.82, 2.24) is 4.90 Å². The summed E-state index contributed by atoms with van der Waals surface area (Å²) in [6.07, 6.45) is 3.66. The van der Waals surface area contributed by atoms with Gasteiger partial charge in [0.05, 0.1) is 46.2 Å². The minimum atomic E-state index is -0.872. The summed E-state index contributed by atoms with van der Waals surface area (Å²) in [6.45, 7) is 2.26. The maximum absolute atomic E-state index is 11.4. The molecule has 0 aromatic heterocycles. The van der Waals surface area contributed by atoms with Crippen LogP contribution >= 0.6 is 0 Å². The molecule has 1 aliphatic rings. The van der Waals surface area contributed by atoms with E-state index in [0.29, 0.717) is 39.3 Å². The number of amides is 2. The van der Waals surface area contributed by atoms with Crippen LogP contribution in [0.4, 0.5) is 0 Å². The monoisotopic (exact) mass is 401 g/mol. The van der Waals surface area contributed by atoms with Crippen LogP contribution in [0.15, 0.2) is 12.2 Å². The highest BCUT2D eigenvalue weighted by atomic mass is 16.6. The van der Waals surface area contributed by atoms with E-state index in [9.17, 15) is 19.2 Å². The predicted molar refractivity (Wildman–Crippen MR) is 95.4 cm³/mol. The molecule has 0 saturated carbocycles. The maximum Gasteiger partial charge on any atom is 0.305 e. The van der Waals surface area contributed by atoms with Crippen LogP contribution < -0.4 is 0 Å². The summed E-state index contributed by atoms with van der Waals surface area (Å²) in [5, 5.41) is 8.48. The molecule has 1 rings (SSSR count). The number of carbonyl (C=O) groups is 4. The molecule has 0 aromatic carbocycles. The van der Waals surface area contributed by atoms with E-state index in [1.54, 1.807) is 0 Å². The van der Waals surface area contributed by atoms with E-state index in [0.717, 1.165) is 4.90 Å². The first-order valence-corrected chi connectivity index (χ1v) is 9.15. The second-order valence-electron chi connectivity index (χ2n) is 5.82. The number of ether oxygens (including phenoxy) is 4. The summed E-state index contributed by atoms with van der Waals surface area (Å²) in [5.74, 6) is -1.89. The molecule has 28 heavy (non-hydrogen) atoms. The Labute approximate surface area is 163 Å². The molecule has 0 unspecified atom stereocenters. The normalized spacial score (nSPS) is 13.4. The van der Waals surface area contributed by atoms with Crippen molar-refractivity contribution in [3.05, 3.63) is 12.2 Å². The van der Waals surface area contributed by atoms with Crippen molar-refractivity contribution < 1.29 is 43.2 Å². The Balaban J connectivity index is 1.79. The molecule has 0 spiro atoms. The third-order valence-corrected chi connectivity index (χ3v) is 3.62. The minimum Gasteiger partial charge on any atom is -0.481 e. The summed E-state index contributed by atoms with van der Waals surface area (Å²) in [5.41, 5.74) is 0. The molecule has 0 radical (unpaired) electrons. The Morgan fingerprint density at radius 1 is 0.786 bits per heavy atom. The average Bonchev–Trinajstić information content (AvgIpc) is 2.97. The molecule has 0 bridgehead atoms. The molecule has 0 aliphatic carbocycles. The number of hydrogen-bond donors (Lipinski definition) is 1. The van der Waals surface area contributed by atoms with E-state index in [-0.39, 0.29) is 57.0 Å². The van der Waals surface area contributed by atoms with E-state index in [4.69, 9.17) is 24.1 Å². The number of esters is 1. The fourth-order valence-corrected chi connectivity index (χ4v) is 2.18. The quantitative estimate of drug-likeness (QED) is 0.206. The molecule has 1 heterocycles. The third kappa shape index (κ3) is 11.4. The molecule has 10 heteroatoms. The molecule has 1 aliphatic heterocycles. The Morgan fingerprint density at radius 2 is 1.29 bits per heavy atom. The van der Waals surface area contributed by atoms with Gasteiger partial charge in [-0.2, -0.15) is 0 Å². The number of aliphatic carboxylic acids is 1. The topological polar surface area (TPSA) is 129 Å². The molecule has 158 valence electrons. The van der Waals surface area contributed by atoms with Gasteiger partial charge in [0.25, 0.3) is 11.8 Å². The number of rotatable bonds is 17. The first-order chi connectivity index (χ1) is 13.5. The fourth-order valence-electron chi connectivity index (χ4n) is 2.18. The molecule has 10 nitrogen and oxygen atoms in total. The van der Waals surface area contributed by atoms with E-state index < -0.39 is 5.97 Å². The number of imide groups is 1. The zero-order chi connectivity index (χ0) is 20.6.